The maximum Gasteiger partial charge on any atom is 0.242 e. The van der Waals surface area contributed by atoms with E-state index in [4.69, 9.17) is 23.2 Å². The molecule has 0 saturated carbocycles. The van der Waals surface area contributed by atoms with Crippen molar-refractivity contribution in [3.8, 4) is 17.5 Å². The van der Waals surface area contributed by atoms with Crippen molar-refractivity contribution in [3.05, 3.63) is 93.2 Å². The summed E-state index contributed by atoms with van der Waals surface area (Å²) in [6.07, 6.45) is 0.483. The largest absolute Gasteiger partial charge is 0.325 e. The van der Waals surface area contributed by atoms with E-state index in [2.05, 4.69) is 53.0 Å². The van der Waals surface area contributed by atoms with Gasteiger partial charge in [0.1, 0.15) is 11.2 Å². The maximum absolute atomic E-state index is 15.9. The van der Waals surface area contributed by atoms with Crippen LogP contribution in [0.15, 0.2) is 60.7 Å². The fraction of sp³-hybridized carbons (Fsp3) is 0.344. The molecule has 2 heterocycles. The van der Waals surface area contributed by atoms with Gasteiger partial charge in [0.05, 0.1) is 12.1 Å². The summed E-state index contributed by atoms with van der Waals surface area (Å²) in [6.45, 7) is 8.00. The molecule has 222 valence electrons. The minimum absolute atomic E-state index is 0.178. The number of hydrogen-bond acceptors (Lipinski definition) is 6. The van der Waals surface area contributed by atoms with Gasteiger partial charge < -0.3 is 10.6 Å². The van der Waals surface area contributed by atoms with Gasteiger partial charge in [-0.2, -0.15) is 5.26 Å². The summed E-state index contributed by atoms with van der Waals surface area (Å²) >= 11 is 12.7. The average molecular weight is 621 g/mol. The van der Waals surface area contributed by atoms with Gasteiger partial charge >= 0.3 is 0 Å². The van der Waals surface area contributed by atoms with Crippen LogP contribution in [0.25, 0.3) is 11.4 Å². The lowest BCUT2D eigenvalue weighted by Gasteiger charge is -2.38. The fourth-order valence-corrected chi connectivity index (χ4v) is 6.53. The quantitative estimate of drug-likeness (QED) is 0.252. The van der Waals surface area contributed by atoms with Gasteiger partial charge in [0.25, 0.3) is 0 Å². The number of anilines is 1. The van der Waals surface area contributed by atoms with Crippen LogP contribution in [0.5, 0.6) is 0 Å². The zero-order valence-corrected chi connectivity index (χ0v) is 26.0. The van der Waals surface area contributed by atoms with Crippen LogP contribution in [0.1, 0.15) is 49.8 Å². The topological polar surface area (TPSA) is 109 Å². The first-order valence-corrected chi connectivity index (χ1v) is 14.6. The normalized spacial score (nSPS) is 21.9. The number of nitrogens with zero attached hydrogens (tertiary/aromatic N) is 5. The molecule has 1 aliphatic heterocycles. The van der Waals surface area contributed by atoms with Crippen molar-refractivity contribution in [1.82, 2.24) is 25.5 Å². The Bertz CT molecular complexity index is 1730. The molecule has 11 heteroatoms. The second-order valence-electron chi connectivity index (χ2n) is 12.2. The number of aromatic nitrogens is 4. The molecule has 1 aliphatic rings. The lowest BCUT2D eigenvalue weighted by Crippen LogP contribution is -2.44. The van der Waals surface area contributed by atoms with Gasteiger partial charge in [-0.25, -0.2) is 9.07 Å². The van der Waals surface area contributed by atoms with Crippen molar-refractivity contribution in [2.45, 2.75) is 57.5 Å². The van der Waals surface area contributed by atoms with Gasteiger partial charge in [0, 0.05) is 45.9 Å². The second-order valence-corrected chi connectivity index (χ2v) is 13.0. The van der Waals surface area contributed by atoms with Crippen LogP contribution in [0.4, 0.5) is 10.1 Å². The van der Waals surface area contributed by atoms with Crippen molar-refractivity contribution < 1.29 is 9.18 Å². The molecule has 43 heavy (non-hydrogen) atoms. The smallest absolute Gasteiger partial charge is 0.242 e. The summed E-state index contributed by atoms with van der Waals surface area (Å²) in [5.74, 6) is -1.24. The number of carbonyl (C=O) groups is 1. The standard InChI is InChI=1S/C32H32Cl2FN7O/c1-18-22(10-7-11-24(18)34)27-28(30(43)37-21-9-6-8-19(14-21)29-39-40-41-42(29)5)38-26(16-31(2,3)4)32(27,17-36)23-13-12-20(33)15-25(23)35/h6-15,26-28,38H,16H2,1-5H3,(H,37,43). The molecule has 4 atom stereocenters. The molecular formula is C32H32Cl2FN7O. The molecule has 3 aromatic carbocycles. The van der Waals surface area contributed by atoms with Crippen LogP contribution in [-0.4, -0.2) is 38.2 Å². The van der Waals surface area contributed by atoms with Gasteiger partial charge in [-0.1, -0.05) is 74.3 Å². The molecule has 1 saturated heterocycles. The lowest BCUT2D eigenvalue weighted by atomic mass is 9.62. The monoisotopic (exact) mass is 619 g/mol. The van der Waals surface area contributed by atoms with Crippen LogP contribution in [-0.2, 0) is 17.3 Å². The predicted octanol–water partition coefficient (Wildman–Crippen LogP) is 6.59. The zero-order valence-electron chi connectivity index (χ0n) is 24.5. The van der Waals surface area contributed by atoms with E-state index in [0.717, 1.165) is 5.56 Å². The first-order valence-electron chi connectivity index (χ1n) is 13.9. The minimum Gasteiger partial charge on any atom is -0.325 e. The highest BCUT2D eigenvalue weighted by atomic mass is 35.5. The SMILES string of the molecule is Cc1c(Cl)cccc1C1C(C(=O)Nc2cccc(-c3nnnn3C)c2)NC(CC(C)(C)C)C1(C#N)c1ccc(Cl)cc1F. The number of amides is 1. The third-order valence-corrected chi connectivity index (χ3v) is 8.71. The van der Waals surface area contributed by atoms with Gasteiger partial charge in [0.2, 0.25) is 5.91 Å². The Balaban J connectivity index is 1.67. The first-order chi connectivity index (χ1) is 20.4. The highest BCUT2D eigenvalue weighted by Crippen LogP contribution is 2.53. The molecule has 0 aliphatic carbocycles. The van der Waals surface area contributed by atoms with Crippen molar-refractivity contribution >= 4 is 34.8 Å². The first kappa shape index (κ1) is 30.6. The molecule has 0 spiro atoms. The molecule has 1 fully saturated rings. The molecular weight excluding hydrogens is 588 g/mol. The highest BCUT2D eigenvalue weighted by molar-refractivity contribution is 6.31. The molecule has 8 nitrogen and oxygen atoms in total. The Morgan fingerprint density at radius 3 is 2.56 bits per heavy atom. The van der Waals surface area contributed by atoms with Gasteiger partial charge in [-0.3, -0.25) is 4.79 Å². The number of halogens is 3. The lowest BCUT2D eigenvalue weighted by molar-refractivity contribution is -0.118. The molecule has 1 aromatic heterocycles. The summed E-state index contributed by atoms with van der Waals surface area (Å²) < 4.78 is 17.4. The van der Waals surface area contributed by atoms with Gasteiger partial charge in [0.15, 0.2) is 5.82 Å². The van der Waals surface area contributed by atoms with E-state index in [1.807, 2.05) is 19.1 Å². The van der Waals surface area contributed by atoms with E-state index in [1.165, 1.54) is 10.7 Å². The molecule has 0 radical (unpaired) electrons. The number of carbonyl (C=O) groups excluding carboxylic acids is 1. The molecule has 0 bridgehead atoms. The molecule has 4 unspecified atom stereocenters. The highest BCUT2D eigenvalue weighted by Gasteiger charge is 2.60. The van der Waals surface area contributed by atoms with Crippen molar-refractivity contribution in [1.29, 1.82) is 5.26 Å². The Labute approximate surface area is 260 Å². The van der Waals surface area contributed by atoms with E-state index in [0.29, 0.717) is 34.1 Å². The average Bonchev–Trinajstić information content (AvgIpc) is 3.51. The number of hydrogen-bond donors (Lipinski definition) is 2. The number of aryl methyl sites for hydroxylation is 1. The molecule has 5 rings (SSSR count). The van der Waals surface area contributed by atoms with Gasteiger partial charge in [-0.15, -0.1) is 5.10 Å². The van der Waals surface area contributed by atoms with Crippen LogP contribution >= 0.6 is 23.2 Å². The number of nitrogens with one attached hydrogen (secondary N) is 2. The molecule has 1 amide bonds. The van der Waals surface area contributed by atoms with Gasteiger partial charge in [-0.05, 0) is 70.6 Å². The predicted molar refractivity (Wildman–Crippen MR) is 165 cm³/mol. The summed E-state index contributed by atoms with van der Waals surface area (Å²) in [6, 6.07) is 17.9. The van der Waals surface area contributed by atoms with Crippen LogP contribution < -0.4 is 10.6 Å². The van der Waals surface area contributed by atoms with Crippen LogP contribution in [0, 0.1) is 29.5 Å². The molecule has 2 N–H and O–H groups in total. The minimum atomic E-state index is -1.48. The fourth-order valence-electron chi connectivity index (χ4n) is 6.19. The van der Waals surface area contributed by atoms with E-state index in [1.54, 1.807) is 49.5 Å². The third-order valence-electron chi connectivity index (χ3n) is 8.07. The Morgan fingerprint density at radius 1 is 1.16 bits per heavy atom. The summed E-state index contributed by atoms with van der Waals surface area (Å²) in [5.41, 5.74) is 1.08. The van der Waals surface area contributed by atoms with Crippen LogP contribution in [0.2, 0.25) is 10.0 Å². The number of benzene rings is 3. The zero-order chi connectivity index (χ0) is 31.1. The number of nitriles is 1. The second kappa shape index (κ2) is 11.7. The van der Waals surface area contributed by atoms with E-state index in [-0.39, 0.29) is 21.9 Å². The number of tetrazole rings is 1. The van der Waals surface area contributed by atoms with Crippen LogP contribution in [0.3, 0.4) is 0 Å². The third kappa shape index (κ3) is 5.75. The Kier molecular flexibility index (Phi) is 8.32. The molecule has 4 aromatic rings. The Hall–Kier alpha value is -3.84. The van der Waals surface area contributed by atoms with Crippen molar-refractivity contribution in [2.24, 2.45) is 12.5 Å². The summed E-state index contributed by atoms with van der Waals surface area (Å²) in [5, 5.41) is 30.0. The van der Waals surface area contributed by atoms with E-state index in [9.17, 15) is 10.1 Å². The van der Waals surface area contributed by atoms with Crippen molar-refractivity contribution in [2.75, 3.05) is 5.32 Å². The van der Waals surface area contributed by atoms with E-state index < -0.39 is 29.2 Å². The maximum atomic E-state index is 15.9. The Morgan fingerprint density at radius 2 is 1.91 bits per heavy atom. The summed E-state index contributed by atoms with van der Waals surface area (Å²) in [7, 11) is 1.73. The number of rotatable bonds is 6. The summed E-state index contributed by atoms with van der Waals surface area (Å²) in [4.78, 5) is 14.3. The van der Waals surface area contributed by atoms with E-state index >= 15 is 4.39 Å². The van der Waals surface area contributed by atoms with Crippen molar-refractivity contribution in [3.63, 3.8) is 0 Å².